The number of aliphatic hydroxyl groups excluding tert-OH is 1. The first-order valence-electron chi connectivity index (χ1n) is 6.53. The molecule has 2 N–H and O–H groups in total. The van der Waals surface area contributed by atoms with Gasteiger partial charge >= 0.3 is 0 Å². The quantitative estimate of drug-likeness (QED) is 0.761. The summed E-state index contributed by atoms with van der Waals surface area (Å²) < 4.78 is 0. The fourth-order valence-corrected chi connectivity index (χ4v) is 2.05. The minimum atomic E-state index is -0.0159. The summed E-state index contributed by atoms with van der Waals surface area (Å²) >= 11 is 5.85. The number of rotatable bonds is 8. The van der Waals surface area contributed by atoms with Crippen LogP contribution in [0.25, 0.3) is 0 Å². The van der Waals surface area contributed by atoms with Gasteiger partial charge in [0.2, 0.25) is 0 Å². The van der Waals surface area contributed by atoms with Crippen molar-refractivity contribution in [3.63, 3.8) is 0 Å². The maximum absolute atomic E-state index is 9.42. The van der Waals surface area contributed by atoms with Crippen LogP contribution in [0.4, 0.5) is 0 Å². The molecule has 3 nitrogen and oxygen atoms in total. The highest BCUT2D eigenvalue weighted by Crippen LogP contribution is 2.15. The van der Waals surface area contributed by atoms with Crippen molar-refractivity contribution >= 4 is 11.6 Å². The topological polar surface area (TPSA) is 35.5 Å². The van der Waals surface area contributed by atoms with Crippen molar-refractivity contribution in [2.24, 2.45) is 0 Å². The molecule has 18 heavy (non-hydrogen) atoms. The molecule has 1 unspecified atom stereocenters. The average Bonchev–Trinajstić information content (AvgIpc) is 2.41. The Bertz CT molecular complexity index is 325. The van der Waals surface area contributed by atoms with Crippen molar-refractivity contribution < 1.29 is 5.11 Å². The van der Waals surface area contributed by atoms with E-state index in [0.29, 0.717) is 0 Å². The van der Waals surface area contributed by atoms with Gasteiger partial charge in [-0.2, -0.15) is 0 Å². The first-order chi connectivity index (χ1) is 8.71. The Kier molecular flexibility index (Phi) is 7.28. The van der Waals surface area contributed by atoms with Crippen LogP contribution in [0.15, 0.2) is 24.3 Å². The van der Waals surface area contributed by atoms with Gasteiger partial charge < -0.3 is 15.3 Å². The van der Waals surface area contributed by atoms with E-state index < -0.39 is 0 Å². The Morgan fingerprint density at radius 3 is 2.33 bits per heavy atom. The van der Waals surface area contributed by atoms with Gasteiger partial charge in [-0.15, -0.1) is 0 Å². The normalized spacial score (nSPS) is 12.9. The molecule has 0 aromatic heterocycles. The lowest BCUT2D eigenvalue weighted by Gasteiger charge is -2.21. The van der Waals surface area contributed by atoms with E-state index in [0.717, 1.165) is 36.8 Å². The minimum absolute atomic E-state index is 0.0159. The minimum Gasteiger partial charge on any atom is -0.394 e. The van der Waals surface area contributed by atoms with Gasteiger partial charge in [0.25, 0.3) is 0 Å². The molecule has 0 aliphatic heterocycles. The van der Waals surface area contributed by atoms with Crippen molar-refractivity contribution in [1.82, 2.24) is 10.2 Å². The monoisotopic (exact) mass is 270 g/mol. The van der Waals surface area contributed by atoms with Gasteiger partial charge in [0.05, 0.1) is 12.6 Å². The van der Waals surface area contributed by atoms with E-state index in [1.807, 2.05) is 24.3 Å². The third kappa shape index (κ3) is 4.94. The molecule has 1 aromatic carbocycles. The summed E-state index contributed by atoms with van der Waals surface area (Å²) in [5.41, 5.74) is 1.07. The van der Waals surface area contributed by atoms with E-state index in [1.54, 1.807) is 0 Å². The average molecular weight is 271 g/mol. The number of nitrogens with zero attached hydrogens (tertiary/aromatic N) is 1. The number of aliphatic hydroxyl groups is 1. The van der Waals surface area contributed by atoms with Crippen molar-refractivity contribution in [3.05, 3.63) is 34.9 Å². The highest BCUT2D eigenvalue weighted by molar-refractivity contribution is 6.30. The van der Waals surface area contributed by atoms with Crippen LogP contribution in [0.5, 0.6) is 0 Å². The molecular weight excluding hydrogens is 248 g/mol. The Hall–Kier alpha value is -0.610. The van der Waals surface area contributed by atoms with E-state index >= 15 is 0 Å². The van der Waals surface area contributed by atoms with Crippen LogP contribution in [0.1, 0.15) is 25.5 Å². The van der Waals surface area contributed by atoms with Crippen LogP contribution in [0.2, 0.25) is 5.02 Å². The zero-order valence-electron chi connectivity index (χ0n) is 11.2. The highest BCUT2D eigenvalue weighted by Gasteiger charge is 2.09. The Balaban J connectivity index is 2.44. The molecule has 102 valence electrons. The standard InChI is InChI=1S/C14H23ClN2O/c1-3-17(4-2)10-9-16-14(11-18)12-5-7-13(15)8-6-12/h5-8,14,16,18H,3-4,9-11H2,1-2H3. The third-order valence-corrected chi connectivity index (χ3v) is 3.42. The molecule has 1 aromatic rings. The van der Waals surface area contributed by atoms with Crippen molar-refractivity contribution in [1.29, 1.82) is 0 Å². The van der Waals surface area contributed by atoms with Crippen LogP contribution >= 0.6 is 11.6 Å². The molecule has 1 atom stereocenters. The number of hydrogen-bond acceptors (Lipinski definition) is 3. The fourth-order valence-electron chi connectivity index (χ4n) is 1.92. The van der Waals surface area contributed by atoms with Gasteiger partial charge in [0.1, 0.15) is 0 Å². The summed E-state index contributed by atoms with van der Waals surface area (Å²) in [6.45, 7) is 8.40. The molecular formula is C14H23ClN2O. The lowest BCUT2D eigenvalue weighted by molar-refractivity contribution is 0.233. The smallest absolute Gasteiger partial charge is 0.0626 e. The number of halogens is 1. The van der Waals surface area contributed by atoms with Crippen LogP contribution in [-0.4, -0.2) is 42.8 Å². The summed E-state index contributed by atoms with van der Waals surface area (Å²) in [7, 11) is 0. The molecule has 0 radical (unpaired) electrons. The predicted octanol–water partition coefficient (Wildman–Crippen LogP) is 2.30. The van der Waals surface area contributed by atoms with Crippen molar-refractivity contribution in [2.45, 2.75) is 19.9 Å². The Morgan fingerprint density at radius 2 is 1.83 bits per heavy atom. The van der Waals surface area contributed by atoms with Gasteiger partial charge in [0.15, 0.2) is 0 Å². The van der Waals surface area contributed by atoms with Gasteiger partial charge in [-0.3, -0.25) is 0 Å². The first kappa shape index (κ1) is 15.4. The highest BCUT2D eigenvalue weighted by atomic mass is 35.5. The largest absolute Gasteiger partial charge is 0.394 e. The van der Waals surface area contributed by atoms with E-state index in [9.17, 15) is 5.11 Å². The molecule has 4 heteroatoms. The maximum atomic E-state index is 9.42. The summed E-state index contributed by atoms with van der Waals surface area (Å²) in [5.74, 6) is 0. The number of likely N-dealkylation sites (N-methyl/N-ethyl adjacent to an activating group) is 1. The Morgan fingerprint density at radius 1 is 1.22 bits per heavy atom. The summed E-state index contributed by atoms with van der Waals surface area (Å²) in [4.78, 5) is 2.35. The van der Waals surface area contributed by atoms with Crippen LogP contribution in [0, 0.1) is 0 Å². The molecule has 0 saturated heterocycles. The second kappa shape index (κ2) is 8.48. The van der Waals surface area contributed by atoms with Gasteiger partial charge in [0, 0.05) is 18.1 Å². The van der Waals surface area contributed by atoms with Gasteiger partial charge in [-0.1, -0.05) is 37.6 Å². The number of hydrogen-bond donors (Lipinski definition) is 2. The van der Waals surface area contributed by atoms with Crippen LogP contribution < -0.4 is 5.32 Å². The number of benzene rings is 1. The molecule has 0 aliphatic rings. The molecule has 0 saturated carbocycles. The summed E-state index contributed by atoms with van der Waals surface area (Å²) in [6, 6.07) is 7.59. The third-order valence-electron chi connectivity index (χ3n) is 3.17. The molecule has 0 bridgehead atoms. The van der Waals surface area contributed by atoms with E-state index in [2.05, 4.69) is 24.1 Å². The Labute approximate surface area is 115 Å². The molecule has 0 amide bonds. The summed E-state index contributed by atoms with van der Waals surface area (Å²) in [6.07, 6.45) is 0. The van der Waals surface area contributed by atoms with Crippen molar-refractivity contribution in [2.75, 3.05) is 32.8 Å². The molecule has 0 heterocycles. The fraction of sp³-hybridized carbons (Fsp3) is 0.571. The SMILES string of the molecule is CCN(CC)CCNC(CO)c1ccc(Cl)cc1. The van der Waals surface area contributed by atoms with E-state index in [1.165, 1.54) is 0 Å². The first-order valence-corrected chi connectivity index (χ1v) is 6.91. The number of nitrogens with one attached hydrogen (secondary N) is 1. The van der Waals surface area contributed by atoms with Crippen molar-refractivity contribution in [3.8, 4) is 0 Å². The molecule has 0 spiro atoms. The zero-order chi connectivity index (χ0) is 13.4. The predicted molar refractivity (Wildman–Crippen MR) is 77.1 cm³/mol. The molecule has 0 aliphatic carbocycles. The van der Waals surface area contributed by atoms with Gasteiger partial charge in [-0.25, -0.2) is 0 Å². The zero-order valence-corrected chi connectivity index (χ0v) is 12.0. The summed E-state index contributed by atoms with van der Waals surface area (Å²) in [5, 5.41) is 13.5. The maximum Gasteiger partial charge on any atom is 0.0626 e. The second-order valence-electron chi connectivity index (χ2n) is 4.27. The van der Waals surface area contributed by atoms with Crippen LogP contribution in [-0.2, 0) is 0 Å². The lowest BCUT2D eigenvalue weighted by atomic mass is 10.1. The lowest BCUT2D eigenvalue weighted by Crippen LogP contribution is -2.34. The second-order valence-corrected chi connectivity index (χ2v) is 4.70. The van der Waals surface area contributed by atoms with E-state index in [-0.39, 0.29) is 12.6 Å². The van der Waals surface area contributed by atoms with Crippen LogP contribution in [0.3, 0.4) is 0 Å². The molecule has 1 rings (SSSR count). The van der Waals surface area contributed by atoms with E-state index in [4.69, 9.17) is 11.6 Å². The molecule has 0 fully saturated rings. The van der Waals surface area contributed by atoms with Gasteiger partial charge in [-0.05, 0) is 30.8 Å².